The number of hydrogen-bond donors (Lipinski definition) is 1. The van der Waals surface area contributed by atoms with Gasteiger partial charge in [0.25, 0.3) is 0 Å². The molecule has 0 bridgehead atoms. The van der Waals surface area contributed by atoms with Crippen LogP contribution in [0.25, 0.3) is 6.08 Å². The number of anilines is 1. The molecule has 72 valence electrons. The van der Waals surface area contributed by atoms with E-state index in [0.717, 1.165) is 12.1 Å². The van der Waals surface area contributed by atoms with Crippen LogP contribution in [-0.4, -0.2) is 0 Å². The number of hydrogen-bond acceptors (Lipinski definition) is 2. The van der Waals surface area contributed by atoms with Gasteiger partial charge in [0, 0.05) is 11.6 Å². The third-order valence-electron chi connectivity index (χ3n) is 1.63. The average Bonchev–Trinajstić information content (AvgIpc) is 2.13. The van der Waals surface area contributed by atoms with Crippen molar-refractivity contribution in [1.82, 2.24) is 0 Å². The Labute approximate surface area is 80.3 Å². The van der Waals surface area contributed by atoms with Crippen molar-refractivity contribution in [1.29, 1.82) is 5.26 Å². The summed E-state index contributed by atoms with van der Waals surface area (Å²) in [6.07, 6.45) is 3.09. The topological polar surface area (TPSA) is 49.8 Å². The molecule has 0 amide bonds. The van der Waals surface area contributed by atoms with E-state index in [1.807, 2.05) is 6.07 Å². The van der Waals surface area contributed by atoms with Crippen molar-refractivity contribution < 1.29 is 8.78 Å². The lowest BCUT2D eigenvalue weighted by atomic mass is 10.1. The second-order valence-corrected chi connectivity index (χ2v) is 2.66. The summed E-state index contributed by atoms with van der Waals surface area (Å²) in [6, 6.07) is 3.71. The second-order valence-electron chi connectivity index (χ2n) is 2.66. The molecule has 0 atom stereocenters. The van der Waals surface area contributed by atoms with Gasteiger partial charge in [-0.3, -0.25) is 0 Å². The molecule has 0 aliphatic heterocycles. The Morgan fingerprint density at radius 1 is 1.43 bits per heavy atom. The number of nitrogens with two attached hydrogens (primary N) is 1. The van der Waals surface area contributed by atoms with E-state index in [4.69, 9.17) is 11.0 Å². The van der Waals surface area contributed by atoms with Crippen LogP contribution in [0.5, 0.6) is 0 Å². The van der Waals surface area contributed by atoms with Crippen molar-refractivity contribution in [3.63, 3.8) is 0 Å². The highest BCUT2D eigenvalue weighted by molar-refractivity contribution is 5.65. The standard InChI is InChI=1S/C10H8F2N2/c11-8-5-7(3-1-2-4-13)10(14)9(12)6-8/h1,3,5-6H,2,14H2. The molecule has 0 aliphatic carbocycles. The van der Waals surface area contributed by atoms with Gasteiger partial charge in [-0.1, -0.05) is 12.2 Å². The van der Waals surface area contributed by atoms with E-state index in [0.29, 0.717) is 0 Å². The van der Waals surface area contributed by atoms with Gasteiger partial charge in [0.15, 0.2) is 0 Å². The first-order valence-corrected chi connectivity index (χ1v) is 3.93. The first kappa shape index (κ1) is 10.2. The Kier molecular flexibility index (Phi) is 3.19. The molecule has 4 heteroatoms. The van der Waals surface area contributed by atoms with Crippen LogP contribution in [0.3, 0.4) is 0 Å². The summed E-state index contributed by atoms with van der Waals surface area (Å²) in [5.41, 5.74) is 5.50. The van der Waals surface area contributed by atoms with Crippen LogP contribution in [0.4, 0.5) is 14.5 Å². The smallest absolute Gasteiger partial charge is 0.149 e. The predicted octanol–water partition coefficient (Wildman–Crippen LogP) is 2.47. The van der Waals surface area contributed by atoms with Crippen LogP contribution < -0.4 is 5.73 Å². The highest BCUT2D eigenvalue weighted by atomic mass is 19.1. The van der Waals surface area contributed by atoms with E-state index < -0.39 is 11.6 Å². The van der Waals surface area contributed by atoms with E-state index in [-0.39, 0.29) is 17.7 Å². The molecule has 0 spiro atoms. The van der Waals surface area contributed by atoms with Gasteiger partial charge in [0.1, 0.15) is 11.6 Å². The summed E-state index contributed by atoms with van der Waals surface area (Å²) in [6.45, 7) is 0. The van der Waals surface area contributed by atoms with Crippen molar-refractivity contribution >= 4 is 11.8 Å². The molecule has 0 radical (unpaired) electrons. The maximum absolute atomic E-state index is 12.9. The van der Waals surface area contributed by atoms with Crippen molar-refractivity contribution in [2.24, 2.45) is 0 Å². The van der Waals surface area contributed by atoms with Gasteiger partial charge in [0.2, 0.25) is 0 Å². The van der Waals surface area contributed by atoms with E-state index in [1.54, 1.807) is 0 Å². The van der Waals surface area contributed by atoms with Gasteiger partial charge < -0.3 is 5.73 Å². The number of nitriles is 1. The number of benzene rings is 1. The fourth-order valence-electron chi connectivity index (χ4n) is 0.981. The van der Waals surface area contributed by atoms with Gasteiger partial charge in [0.05, 0.1) is 18.2 Å². The molecule has 0 aliphatic rings. The first-order chi connectivity index (χ1) is 6.65. The molecule has 0 unspecified atom stereocenters. The van der Waals surface area contributed by atoms with Crippen molar-refractivity contribution in [2.45, 2.75) is 6.42 Å². The van der Waals surface area contributed by atoms with Crippen LogP contribution in [-0.2, 0) is 0 Å². The summed E-state index contributed by atoms with van der Waals surface area (Å²) in [5.74, 6) is -1.48. The van der Waals surface area contributed by atoms with Crippen molar-refractivity contribution in [3.8, 4) is 6.07 Å². The van der Waals surface area contributed by atoms with Crippen molar-refractivity contribution in [3.05, 3.63) is 35.4 Å². The zero-order valence-corrected chi connectivity index (χ0v) is 7.30. The fourth-order valence-corrected chi connectivity index (χ4v) is 0.981. The minimum Gasteiger partial charge on any atom is -0.396 e. The number of halogens is 2. The van der Waals surface area contributed by atoms with Gasteiger partial charge in [-0.2, -0.15) is 5.26 Å². The molecule has 2 nitrogen and oxygen atoms in total. The van der Waals surface area contributed by atoms with Crippen LogP contribution >= 0.6 is 0 Å². The van der Waals surface area contributed by atoms with Crippen LogP contribution in [0.15, 0.2) is 18.2 Å². The van der Waals surface area contributed by atoms with E-state index in [1.165, 1.54) is 12.2 Å². The van der Waals surface area contributed by atoms with E-state index in [9.17, 15) is 8.78 Å². The zero-order valence-electron chi connectivity index (χ0n) is 7.30. The molecular weight excluding hydrogens is 186 g/mol. The lowest BCUT2D eigenvalue weighted by Gasteiger charge is -2.01. The highest BCUT2D eigenvalue weighted by Gasteiger charge is 2.04. The van der Waals surface area contributed by atoms with Crippen LogP contribution in [0.2, 0.25) is 0 Å². The summed E-state index contributed by atoms with van der Waals surface area (Å²) in [7, 11) is 0. The molecular formula is C10H8F2N2. The SMILES string of the molecule is N#CCC=Cc1cc(F)cc(F)c1N. The number of rotatable bonds is 2. The Hall–Kier alpha value is -1.89. The molecule has 1 aromatic rings. The summed E-state index contributed by atoms with van der Waals surface area (Å²) in [5, 5.41) is 8.24. The number of nitrogens with zero attached hydrogens (tertiary/aromatic N) is 1. The van der Waals surface area contributed by atoms with Gasteiger partial charge in [-0.05, 0) is 6.07 Å². The lowest BCUT2D eigenvalue weighted by molar-refractivity contribution is 0.586. The Balaban J connectivity index is 3.03. The number of allylic oxidation sites excluding steroid dienone is 1. The first-order valence-electron chi connectivity index (χ1n) is 3.93. The molecule has 0 saturated heterocycles. The maximum atomic E-state index is 12.9. The van der Waals surface area contributed by atoms with Gasteiger partial charge >= 0.3 is 0 Å². The Morgan fingerprint density at radius 2 is 2.14 bits per heavy atom. The molecule has 0 fully saturated rings. The van der Waals surface area contributed by atoms with Gasteiger partial charge in [-0.15, -0.1) is 0 Å². The van der Waals surface area contributed by atoms with Crippen molar-refractivity contribution in [2.75, 3.05) is 5.73 Å². The molecule has 0 heterocycles. The summed E-state index contributed by atoms with van der Waals surface area (Å²) in [4.78, 5) is 0. The monoisotopic (exact) mass is 194 g/mol. The molecule has 1 aromatic carbocycles. The Bertz CT molecular complexity index is 405. The predicted molar refractivity (Wildman–Crippen MR) is 50.0 cm³/mol. The second kappa shape index (κ2) is 4.38. The van der Waals surface area contributed by atoms with Gasteiger partial charge in [-0.25, -0.2) is 8.78 Å². The molecule has 14 heavy (non-hydrogen) atoms. The maximum Gasteiger partial charge on any atom is 0.149 e. The molecule has 0 saturated carbocycles. The minimum atomic E-state index is -0.790. The fraction of sp³-hybridized carbons (Fsp3) is 0.100. The normalized spacial score (nSPS) is 10.4. The Morgan fingerprint density at radius 3 is 2.79 bits per heavy atom. The zero-order chi connectivity index (χ0) is 10.6. The summed E-state index contributed by atoms with van der Waals surface area (Å²) < 4.78 is 25.6. The van der Waals surface area contributed by atoms with E-state index in [2.05, 4.69) is 0 Å². The molecule has 1 rings (SSSR count). The summed E-state index contributed by atoms with van der Waals surface area (Å²) >= 11 is 0. The highest BCUT2D eigenvalue weighted by Crippen LogP contribution is 2.19. The molecule has 0 aromatic heterocycles. The quantitative estimate of drug-likeness (QED) is 0.735. The average molecular weight is 194 g/mol. The number of nitrogen functional groups attached to an aromatic ring is 1. The third kappa shape index (κ3) is 2.30. The largest absolute Gasteiger partial charge is 0.396 e. The molecule has 2 N–H and O–H groups in total. The van der Waals surface area contributed by atoms with Crippen LogP contribution in [0.1, 0.15) is 12.0 Å². The van der Waals surface area contributed by atoms with E-state index >= 15 is 0 Å². The van der Waals surface area contributed by atoms with Crippen LogP contribution in [0, 0.1) is 23.0 Å². The lowest BCUT2D eigenvalue weighted by Crippen LogP contribution is -1.95. The third-order valence-corrected chi connectivity index (χ3v) is 1.63. The minimum absolute atomic E-state index is 0.111.